The van der Waals surface area contributed by atoms with Crippen molar-refractivity contribution in [3.8, 4) is 0 Å². The fourth-order valence-corrected chi connectivity index (χ4v) is 3.87. The van der Waals surface area contributed by atoms with Crippen molar-refractivity contribution in [3.05, 3.63) is 68.2 Å². The predicted molar refractivity (Wildman–Crippen MR) is 82.9 cm³/mol. The molecule has 0 fully saturated rings. The molecule has 110 valence electrons. The smallest absolute Gasteiger partial charge is 0.258 e. The summed E-state index contributed by atoms with van der Waals surface area (Å²) >= 11 is 3.18. The fraction of sp³-hybridized carbons (Fsp3) is 0.143. The summed E-state index contributed by atoms with van der Waals surface area (Å²) in [6.45, 7) is 1.88. The first-order valence-electron chi connectivity index (χ1n) is 6.02. The number of sulfone groups is 1. The molecule has 0 N–H and O–H groups in total. The minimum atomic E-state index is -3.49. The summed E-state index contributed by atoms with van der Waals surface area (Å²) in [4.78, 5) is 10.4. The second-order valence-corrected chi connectivity index (χ2v) is 7.45. The van der Waals surface area contributed by atoms with Crippen molar-refractivity contribution in [1.82, 2.24) is 0 Å². The average Bonchev–Trinajstić information content (AvgIpc) is 2.41. The van der Waals surface area contributed by atoms with Gasteiger partial charge in [-0.15, -0.1) is 0 Å². The van der Waals surface area contributed by atoms with Gasteiger partial charge >= 0.3 is 0 Å². The summed E-state index contributed by atoms with van der Waals surface area (Å²) in [5.74, 6) is -0.214. The molecule has 2 aromatic rings. The molecule has 0 saturated heterocycles. The summed E-state index contributed by atoms with van der Waals surface area (Å²) in [6.07, 6.45) is 0. The van der Waals surface area contributed by atoms with Gasteiger partial charge in [0.25, 0.3) is 5.69 Å². The van der Waals surface area contributed by atoms with Gasteiger partial charge in [0.15, 0.2) is 9.84 Å². The van der Waals surface area contributed by atoms with E-state index in [0.29, 0.717) is 10.0 Å². The number of non-ortho nitro benzene ring substituents is 1. The highest BCUT2D eigenvalue weighted by atomic mass is 79.9. The topological polar surface area (TPSA) is 77.3 Å². The summed E-state index contributed by atoms with van der Waals surface area (Å²) in [5, 5.41) is 10.7. The summed E-state index contributed by atoms with van der Waals surface area (Å²) < 4.78 is 25.1. The third-order valence-electron chi connectivity index (χ3n) is 2.97. The first kappa shape index (κ1) is 15.7. The maximum Gasteiger partial charge on any atom is 0.270 e. The van der Waals surface area contributed by atoms with Gasteiger partial charge in [0, 0.05) is 16.6 Å². The molecule has 5 nitrogen and oxygen atoms in total. The Morgan fingerprint density at radius 2 is 1.76 bits per heavy atom. The molecule has 0 aliphatic carbocycles. The maximum atomic E-state index is 12.3. The van der Waals surface area contributed by atoms with Crippen LogP contribution in [0.5, 0.6) is 0 Å². The molecule has 0 saturated carbocycles. The zero-order valence-corrected chi connectivity index (χ0v) is 13.5. The number of aryl methyl sites for hydroxylation is 1. The van der Waals surface area contributed by atoms with Crippen LogP contribution in [0, 0.1) is 17.0 Å². The van der Waals surface area contributed by atoms with Gasteiger partial charge in [0.2, 0.25) is 0 Å². The van der Waals surface area contributed by atoms with Gasteiger partial charge in [-0.1, -0.05) is 39.7 Å². The van der Waals surface area contributed by atoms with Crippen LogP contribution in [-0.4, -0.2) is 13.3 Å². The molecule has 0 heterocycles. The molecule has 0 atom stereocenters. The monoisotopic (exact) mass is 369 g/mol. The molecule has 0 bridgehead atoms. The van der Waals surface area contributed by atoms with Crippen LogP contribution in [-0.2, 0) is 15.6 Å². The lowest BCUT2D eigenvalue weighted by molar-refractivity contribution is -0.384. The number of benzene rings is 2. The molecule has 0 unspecified atom stereocenters. The van der Waals surface area contributed by atoms with Crippen LogP contribution in [0.2, 0.25) is 0 Å². The lowest BCUT2D eigenvalue weighted by Crippen LogP contribution is -2.05. The van der Waals surface area contributed by atoms with Gasteiger partial charge in [0.05, 0.1) is 15.6 Å². The minimum Gasteiger partial charge on any atom is -0.258 e. The Hall–Kier alpha value is -1.73. The second kappa shape index (κ2) is 5.95. The van der Waals surface area contributed by atoms with Crippen LogP contribution in [0.25, 0.3) is 0 Å². The number of nitro benzene ring substituents is 1. The highest BCUT2D eigenvalue weighted by Gasteiger charge is 2.18. The van der Waals surface area contributed by atoms with E-state index in [1.54, 1.807) is 24.3 Å². The molecule has 2 rings (SSSR count). The quantitative estimate of drug-likeness (QED) is 0.608. The Morgan fingerprint density at radius 3 is 2.29 bits per heavy atom. The lowest BCUT2D eigenvalue weighted by atomic mass is 10.2. The van der Waals surface area contributed by atoms with E-state index in [-0.39, 0.29) is 16.3 Å². The highest BCUT2D eigenvalue weighted by Crippen LogP contribution is 2.26. The van der Waals surface area contributed by atoms with Gasteiger partial charge in [-0.2, -0.15) is 0 Å². The Labute approximate surface area is 130 Å². The van der Waals surface area contributed by atoms with Gasteiger partial charge in [-0.3, -0.25) is 10.1 Å². The van der Waals surface area contributed by atoms with Gasteiger partial charge in [0.1, 0.15) is 0 Å². The molecule has 0 aliphatic rings. The van der Waals surface area contributed by atoms with Gasteiger partial charge < -0.3 is 0 Å². The highest BCUT2D eigenvalue weighted by molar-refractivity contribution is 9.10. The van der Waals surface area contributed by atoms with Gasteiger partial charge in [-0.05, 0) is 24.6 Å². The van der Waals surface area contributed by atoms with E-state index >= 15 is 0 Å². The zero-order valence-electron chi connectivity index (χ0n) is 11.1. The van der Waals surface area contributed by atoms with Crippen molar-refractivity contribution >= 4 is 31.5 Å². The molecule has 2 aromatic carbocycles. The summed E-state index contributed by atoms with van der Waals surface area (Å²) in [5.41, 5.74) is 1.38. The zero-order chi connectivity index (χ0) is 15.6. The molecule has 0 amide bonds. The van der Waals surface area contributed by atoms with Crippen molar-refractivity contribution < 1.29 is 13.3 Å². The van der Waals surface area contributed by atoms with E-state index in [2.05, 4.69) is 15.9 Å². The van der Waals surface area contributed by atoms with E-state index in [9.17, 15) is 18.5 Å². The van der Waals surface area contributed by atoms with Crippen molar-refractivity contribution in [1.29, 1.82) is 0 Å². The molecular formula is C14H12BrNO4S. The standard InChI is InChI=1S/C14H12BrNO4S/c1-10-2-6-13(7-3-10)21(19,20)9-11-4-5-12(16(17)18)8-14(11)15/h2-8H,9H2,1H3. The number of nitro groups is 1. The van der Waals surface area contributed by atoms with Crippen LogP contribution in [0.1, 0.15) is 11.1 Å². The third kappa shape index (κ3) is 3.68. The number of hydrogen-bond acceptors (Lipinski definition) is 4. The maximum absolute atomic E-state index is 12.3. The molecular weight excluding hydrogens is 358 g/mol. The number of hydrogen-bond donors (Lipinski definition) is 0. The number of halogens is 1. The molecule has 0 aromatic heterocycles. The molecule has 21 heavy (non-hydrogen) atoms. The largest absolute Gasteiger partial charge is 0.270 e. The van der Waals surface area contributed by atoms with Crippen LogP contribution in [0.15, 0.2) is 51.8 Å². The lowest BCUT2D eigenvalue weighted by Gasteiger charge is -2.07. The Balaban J connectivity index is 2.32. The van der Waals surface area contributed by atoms with Crippen molar-refractivity contribution in [2.75, 3.05) is 0 Å². The van der Waals surface area contributed by atoms with E-state index in [4.69, 9.17) is 0 Å². The minimum absolute atomic E-state index is 0.0849. The second-order valence-electron chi connectivity index (χ2n) is 4.60. The SMILES string of the molecule is Cc1ccc(S(=O)(=O)Cc2ccc([N+](=O)[O-])cc2Br)cc1. The van der Waals surface area contributed by atoms with Crippen LogP contribution in [0.4, 0.5) is 5.69 Å². The first-order chi connectivity index (χ1) is 9.79. The molecule has 7 heteroatoms. The average molecular weight is 370 g/mol. The molecule has 0 aliphatic heterocycles. The Bertz CT molecular complexity index is 785. The number of nitrogens with zero attached hydrogens (tertiary/aromatic N) is 1. The van der Waals surface area contributed by atoms with Crippen molar-refractivity contribution in [2.24, 2.45) is 0 Å². The van der Waals surface area contributed by atoms with Crippen LogP contribution >= 0.6 is 15.9 Å². The normalized spacial score (nSPS) is 11.3. The van der Waals surface area contributed by atoms with Crippen LogP contribution in [0.3, 0.4) is 0 Å². The Morgan fingerprint density at radius 1 is 1.14 bits per heavy atom. The molecule has 0 radical (unpaired) electrons. The summed E-state index contributed by atoms with van der Waals surface area (Å²) in [6, 6.07) is 10.6. The van der Waals surface area contributed by atoms with E-state index < -0.39 is 14.8 Å². The van der Waals surface area contributed by atoms with Crippen molar-refractivity contribution in [2.45, 2.75) is 17.6 Å². The van der Waals surface area contributed by atoms with Crippen molar-refractivity contribution in [3.63, 3.8) is 0 Å². The first-order valence-corrected chi connectivity index (χ1v) is 8.46. The third-order valence-corrected chi connectivity index (χ3v) is 5.39. The predicted octanol–water partition coefficient (Wildman–Crippen LogP) is 3.64. The Kier molecular flexibility index (Phi) is 4.43. The van der Waals surface area contributed by atoms with Gasteiger partial charge in [-0.25, -0.2) is 8.42 Å². The van der Waals surface area contributed by atoms with E-state index in [0.717, 1.165) is 5.56 Å². The van der Waals surface area contributed by atoms with E-state index in [1.807, 2.05) is 6.92 Å². The van der Waals surface area contributed by atoms with Crippen LogP contribution < -0.4 is 0 Å². The fourth-order valence-electron chi connectivity index (χ4n) is 1.80. The number of rotatable bonds is 4. The molecule has 0 spiro atoms. The summed E-state index contributed by atoms with van der Waals surface area (Å²) in [7, 11) is -3.49. The van der Waals surface area contributed by atoms with E-state index in [1.165, 1.54) is 18.2 Å².